The van der Waals surface area contributed by atoms with E-state index in [4.69, 9.17) is 4.74 Å². The van der Waals surface area contributed by atoms with Gasteiger partial charge in [0.25, 0.3) is 0 Å². The second-order valence-electron chi connectivity index (χ2n) is 4.49. The van der Waals surface area contributed by atoms with Crippen LogP contribution < -0.4 is 5.32 Å². The van der Waals surface area contributed by atoms with Crippen molar-refractivity contribution in [1.29, 1.82) is 0 Å². The minimum atomic E-state index is 0.756. The Morgan fingerprint density at radius 3 is 2.84 bits per heavy atom. The van der Waals surface area contributed by atoms with Crippen molar-refractivity contribution in [3.8, 4) is 0 Å². The van der Waals surface area contributed by atoms with Crippen molar-refractivity contribution in [2.75, 3.05) is 19.8 Å². The zero-order valence-corrected chi connectivity index (χ0v) is 11.4. The zero-order chi connectivity index (χ0) is 13.3. The number of para-hydroxylation sites is 2. The first kappa shape index (κ1) is 13.9. The van der Waals surface area contributed by atoms with Crippen LogP contribution in [-0.4, -0.2) is 29.7 Å². The molecule has 0 radical (unpaired) electrons. The lowest BCUT2D eigenvalue weighted by atomic mass is 10.3. The predicted octanol–water partition coefficient (Wildman–Crippen LogP) is 2.54. The van der Waals surface area contributed by atoms with Crippen molar-refractivity contribution in [3.63, 3.8) is 0 Å². The highest BCUT2D eigenvalue weighted by Crippen LogP contribution is 2.08. The number of aromatic nitrogens is 2. The summed E-state index contributed by atoms with van der Waals surface area (Å²) < 4.78 is 5.42. The molecule has 4 heteroatoms. The molecule has 0 saturated heterocycles. The number of nitrogens with one attached hydrogen (secondary N) is 1. The van der Waals surface area contributed by atoms with Gasteiger partial charge in [-0.15, -0.1) is 0 Å². The summed E-state index contributed by atoms with van der Waals surface area (Å²) in [7, 11) is 0. The first-order chi connectivity index (χ1) is 9.40. The highest BCUT2D eigenvalue weighted by molar-refractivity contribution is 5.73. The van der Waals surface area contributed by atoms with Crippen LogP contribution in [0.4, 0.5) is 0 Å². The maximum atomic E-state index is 5.42. The van der Waals surface area contributed by atoms with E-state index in [0.717, 1.165) is 55.9 Å². The number of nitrogens with zero attached hydrogens (tertiary/aromatic N) is 2. The van der Waals surface area contributed by atoms with Crippen LogP contribution in [-0.2, 0) is 11.3 Å². The molecule has 0 aliphatic heterocycles. The molecule has 0 bridgehead atoms. The Kier molecular flexibility index (Phi) is 5.72. The van der Waals surface area contributed by atoms with E-state index in [-0.39, 0.29) is 0 Å². The largest absolute Gasteiger partial charge is 0.381 e. The molecule has 19 heavy (non-hydrogen) atoms. The average molecular weight is 259 g/mol. The van der Waals surface area contributed by atoms with E-state index in [1.165, 1.54) is 0 Å². The highest BCUT2D eigenvalue weighted by Gasteiger charge is 1.98. The van der Waals surface area contributed by atoms with E-state index in [9.17, 15) is 0 Å². The minimum Gasteiger partial charge on any atom is -0.381 e. The normalized spacial score (nSPS) is 11.0. The summed E-state index contributed by atoms with van der Waals surface area (Å²) >= 11 is 0. The maximum absolute atomic E-state index is 5.42. The third-order valence-corrected chi connectivity index (χ3v) is 2.80. The van der Waals surface area contributed by atoms with Crippen molar-refractivity contribution in [1.82, 2.24) is 15.3 Å². The summed E-state index contributed by atoms with van der Waals surface area (Å²) in [6.45, 7) is 5.50. The van der Waals surface area contributed by atoms with Crippen LogP contribution >= 0.6 is 0 Å². The van der Waals surface area contributed by atoms with Crippen LogP contribution in [0.3, 0.4) is 0 Å². The van der Waals surface area contributed by atoms with Gasteiger partial charge in [0, 0.05) is 19.8 Å². The SMILES string of the molecule is CCCOCCCNCc1cnc2ccccc2n1. The number of fused-ring (bicyclic) bond motifs is 1. The van der Waals surface area contributed by atoms with Gasteiger partial charge in [-0.2, -0.15) is 0 Å². The van der Waals surface area contributed by atoms with Gasteiger partial charge in [-0.25, -0.2) is 4.98 Å². The number of benzene rings is 1. The van der Waals surface area contributed by atoms with Gasteiger partial charge in [0.15, 0.2) is 0 Å². The van der Waals surface area contributed by atoms with Gasteiger partial charge in [0.05, 0.1) is 22.9 Å². The van der Waals surface area contributed by atoms with Gasteiger partial charge >= 0.3 is 0 Å². The molecule has 0 saturated carbocycles. The summed E-state index contributed by atoms with van der Waals surface area (Å²) in [5.74, 6) is 0. The van der Waals surface area contributed by atoms with Crippen LogP contribution in [0.1, 0.15) is 25.5 Å². The van der Waals surface area contributed by atoms with Crippen LogP contribution in [0.2, 0.25) is 0 Å². The lowest BCUT2D eigenvalue weighted by molar-refractivity contribution is 0.132. The quantitative estimate of drug-likeness (QED) is 0.740. The number of hydrogen-bond acceptors (Lipinski definition) is 4. The zero-order valence-electron chi connectivity index (χ0n) is 11.4. The summed E-state index contributed by atoms with van der Waals surface area (Å²) in [6.07, 6.45) is 3.95. The summed E-state index contributed by atoms with van der Waals surface area (Å²) in [5.41, 5.74) is 2.88. The maximum Gasteiger partial charge on any atom is 0.0890 e. The number of ether oxygens (including phenoxy) is 1. The Labute approximate surface area is 114 Å². The first-order valence-electron chi connectivity index (χ1n) is 6.89. The molecular weight excluding hydrogens is 238 g/mol. The topological polar surface area (TPSA) is 47.0 Å². The third-order valence-electron chi connectivity index (χ3n) is 2.80. The molecular formula is C15H21N3O. The molecule has 0 atom stereocenters. The molecule has 1 N–H and O–H groups in total. The molecule has 0 amide bonds. The Morgan fingerprint density at radius 2 is 2.00 bits per heavy atom. The number of hydrogen-bond donors (Lipinski definition) is 1. The molecule has 102 valence electrons. The van der Waals surface area contributed by atoms with Crippen molar-refractivity contribution in [2.45, 2.75) is 26.3 Å². The van der Waals surface area contributed by atoms with E-state index in [1.54, 1.807) is 0 Å². The van der Waals surface area contributed by atoms with Gasteiger partial charge in [0.1, 0.15) is 0 Å². The molecule has 2 rings (SSSR count). The van der Waals surface area contributed by atoms with Gasteiger partial charge in [0.2, 0.25) is 0 Å². The third kappa shape index (κ3) is 4.58. The van der Waals surface area contributed by atoms with E-state index in [1.807, 2.05) is 30.5 Å². The predicted molar refractivity (Wildman–Crippen MR) is 77.0 cm³/mol. The van der Waals surface area contributed by atoms with E-state index in [0.29, 0.717) is 0 Å². The monoisotopic (exact) mass is 259 g/mol. The van der Waals surface area contributed by atoms with Crippen molar-refractivity contribution in [3.05, 3.63) is 36.2 Å². The van der Waals surface area contributed by atoms with Crippen LogP contribution in [0.15, 0.2) is 30.5 Å². The Morgan fingerprint density at radius 1 is 1.16 bits per heavy atom. The highest BCUT2D eigenvalue weighted by atomic mass is 16.5. The van der Waals surface area contributed by atoms with Gasteiger partial charge in [-0.3, -0.25) is 4.98 Å². The second kappa shape index (κ2) is 7.81. The molecule has 4 nitrogen and oxygen atoms in total. The fourth-order valence-corrected chi connectivity index (χ4v) is 1.84. The van der Waals surface area contributed by atoms with E-state index >= 15 is 0 Å². The van der Waals surface area contributed by atoms with Crippen molar-refractivity contribution < 1.29 is 4.74 Å². The molecule has 1 aromatic heterocycles. The summed E-state index contributed by atoms with van der Waals surface area (Å²) in [5, 5.41) is 3.36. The fourth-order valence-electron chi connectivity index (χ4n) is 1.84. The molecule has 0 unspecified atom stereocenters. The average Bonchev–Trinajstić information content (AvgIpc) is 2.46. The van der Waals surface area contributed by atoms with E-state index in [2.05, 4.69) is 22.2 Å². The second-order valence-corrected chi connectivity index (χ2v) is 4.49. The number of rotatable bonds is 8. The van der Waals surface area contributed by atoms with E-state index < -0.39 is 0 Å². The fraction of sp³-hybridized carbons (Fsp3) is 0.467. The first-order valence-corrected chi connectivity index (χ1v) is 6.89. The summed E-state index contributed by atoms with van der Waals surface area (Å²) in [4.78, 5) is 8.96. The smallest absolute Gasteiger partial charge is 0.0890 e. The molecule has 1 heterocycles. The van der Waals surface area contributed by atoms with Crippen LogP contribution in [0.5, 0.6) is 0 Å². The van der Waals surface area contributed by atoms with Gasteiger partial charge < -0.3 is 10.1 Å². The minimum absolute atomic E-state index is 0.756. The molecule has 0 aliphatic rings. The standard InChI is InChI=1S/C15H21N3O/c1-2-9-19-10-5-8-16-11-13-12-17-14-6-3-4-7-15(14)18-13/h3-4,6-7,12,16H,2,5,8-11H2,1H3. The summed E-state index contributed by atoms with van der Waals surface area (Å²) in [6, 6.07) is 7.93. The van der Waals surface area contributed by atoms with Crippen LogP contribution in [0, 0.1) is 0 Å². The lowest BCUT2D eigenvalue weighted by Crippen LogP contribution is -2.17. The van der Waals surface area contributed by atoms with Gasteiger partial charge in [-0.05, 0) is 31.5 Å². The Bertz CT molecular complexity index is 501. The Hall–Kier alpha value is -1.52. The van der Waals surface area contributed by atoms with Crippen molar-refractivity contribution in [2.24, 2.45) is 0 Å². The van der Waals surface area contributed by atoms with Crippen molar-refractivity contribution >= 4 is 11.0 Å². The molecule has 1 aromatic carbocycles. The Balaban J connectivity index is 1.72. The van der Waals surface area contributed by atoms with Gasteiger partial charge in [-0.1, -0.05) is 19.1 Å². The van der Waals surface area contributed by atoms with Crippen LogP contribution in [0.25, 0.3) is 11.0 Å². The molecule has 0 aliphatic carbocycles. The molecule has 0 fully saturated rings. The molecule has 0 spiro atoms. The lowest BCUT2D eigenvalue weighted by Gasteiger charge is -2.05. The molecule has 2 aromatic rings.